The highest BCUT2D eigenvalue weighted by Gasteiger charge is 2.29. The van der Waals surface area contributed by atoms with E-state index in [-0.39, 0.29) is 6.10 Å². The minimum absolute atomic E-state index is 0.297. The van der Waals surface area contributed by atoms with Crippen molar-refractivity contribution in [1.82, 2.24) is 9.88 Å². The van der Waals surface area contributed by atoms with E-state index in [4.69, 9.17) is 0 Å². The van der Waals surface area contributed by atoms with Crippen molar-refractivity contribution in [1.29, 1.82) is 0 Å². The van der Waals surface area contributed by atoms with Crippen LogP contribution in [0.15, 0.2) is 5.38 Å². The molecule has 0 amide bonds. The van der Waals surface area contributed by atoms with E-state index in [1.807, 2.05) is 6.92 Å². The second-order valence-corrected chi connectivity index (χ2v) is 6.11. The molecule has 4 heteroatoms. The summed E-state index contributed by atoms with van der Waals surface area (Å²) < 4.78 is 0. The van der Waals surface area contributed by atoms with E-state index in [2.05, 4.69) is 29.1 Å². The zero-order valence-corrected chi connectivity index (χ0v) is 11.7. The molecule has 17 heavy (non-hydrogen) atoms. The third-order valence-corrected chi connectivity index (χ3v) is 4.31. The molecule has 0 radical (unpaired) electrons. The molecule has 0 bridgehead atoms. The standard InChI is InChI=1S/C13H22N2OS/c1-9(2)15-6-4-5-12(15)13-14-11(8-17-13)7-10(3)16/h8-10,12,16H,4-7H2,1-3H3. The lowest BCUT2D eigenvalue weighted by Gasteiger charge is -2.26. The molecule has 96 valence electrons. The van der Waals surface area contributed by atoms with E-state index in [1.165, 1.54) is 24.4 Å². The van der Waals surface area contributed by atoms with Gasteiger partial charge >= 0.3 is 0 Å². The second-order valence-electron chi connectivity index (χ2n) is 5.22. The Balaban J connectivity index is 2.08. The molecule has 1 aromatic heterocycles. The molecule has 1 aliphatic rings. The van der Waals surface area contributed by atoms with Crippen LogP contribution in [0.3, 0.4) is 0 Å². The summed E-state index contributed by atoms with van der Waals surface area (Å²) in [7, 11) is 0. The first-order chi connectivity index (χ1) is 8.08. The Hall–Kier alpha value is -0.450. The van der Waals surface area contributed by atoms with Crippen LogP contribution in [0, 0.1) is 0 Å². The maximum absolute atomic E-state index is 9.37. The van der Waals surface area contributed by atoms with Gasteiger partial charge in [0.05, 0.1) is 17.8 Å². The number of nitrogens with zero attached hydrogens (tertiary/aromatic N) is 2. The van der Waals surface area contributed by atoms with Crippen LogP contribution in [0.25, 0.3) is 0 Å². The Kier molecular flexibility index (Phi) is 4.17. The fraction of sp³-hybridized carbons (Fsp3) is 0.769. The van der Waals surface area contributed by atoms with E-state index in [0.29, 0.717) is 18.5 Å². The molecule has 3 nitrogen and oxygen atoms in total. The molecule has 2 atom stereocenters. The number of rotatable bonds is 4. The minimum atomic E-state index is -0.297. The SMILES string of the molecule is CC(O)Cc1csc(C2CCCN2C(C)C)n1. The molecule has 0 saturated carbocycles. The Morgan fingerprint density at radius 1 is 1.53 bits per heavy atom. The number of thiazole rings is 1. The topological polar surface area (TPSA) is 36.4 Å². The molecule has 1 aromatic rings. The summed E-state index contributed by atoms with van der Waals surface area (Å²) in [6.45, 7) is 7.51. The van der Waals surface area contributed by atoms with Gasteiger partial charge in [-0.25, -0.2) is 4.98 Å². The van der Waals surface area contributed by atoms with E-state index in [0.717, 1.165) is 5.69 Å². The highest BCUT2D eigenvalue weighted by Crippen LogP contribution is 2.35. The summed E-state index contributed by atoms with van der Waals surface area (Å²) in [5, 5.41) is 12.7. The first-order valence-electron chi connectivity index (χ1n) is 6.46. The number of hydrogen-bond acceptors (Lipinski definition) is 4. The molecule has 1 saturated heterocycles. The van der Waals surface area contributed by atoms with Crippen LogP contribution < -0.4 is 0 Å². The minimum Gasteiger partial charge on any atom is -0.393 e. The average molecular weight is 254 g/mol. The molecule has 0 aromatic carbocycles. The van der Waals surface area contributed by atoms with E-state index in [9.17, 15) is 5.11 Å². The Morgan fingerprint density at radius 3 is 2.94 bits per heavy atom. The van der Waals surface area contributed by atoms with Gasteiger partial charge in [-0.2, -0.15) is 0 Å². The molecule has 2 unspecified atom stereocenters. The van der Waals surface area contributed by atoms with Crippen molar-refractivity contribution in [3.05, 3.63) is 16.1 Å². The maximum Gasteiger partial charge on any atom is 0.110 e. The van der Waals surface area contributed by atoms with E-state index >= 15 is 0 Å². The summed E-state index contributed by atoms with van der Waals surface area (Å²) in [6.07, 6.45) is 2.87. The molecule has 0 aliphatic carbocycles. The van der Waals surface area contributed by atoms with Crippen LogP contribution in [0.4, 0.5) is 0 Å². The van der Waals surface area contributed by atoms with E-state index < -0.39 is 0 Å². The van der Waals surface area contributed by atoms with Crippen molar-refractivity contribution < 1.29 is 5.11 Å². The third-order valence-electron chi connectivity index (χ3n) is 3.32. The predicted molar refractivity (Wildman–Crippen MR) is 71.3 cm³/mol. The molecular formula is C13H22N2OS. The quantitative estimate of drug-likeness (QED) is 0.897. The van der Waals surface area contributed by atoms with Crippen LogP contribution in [0.5, 0.6) is 0 Å². The van der Waals surface area contributed by atoms with Crippen molar-refractivity contribution >= 4 is 11.3 Å². The molecule has 1 aliphatic heterocycles. The number of aliphatic hydroxyl groups is 1. The zero-order chi connectivity index (χ0) is 12.4. The van der Waals surface area contributed by atoms with Crippen LogP contribution >= 0.6 is 11.3 Å². The summed E-state index contributed by atoms with van der Waals surface area (Å²) in [6, 6.07) is 1.09. The van der Waals surface area contributed by atoms with Gasteiger partial charge in [-0.05, 0) is 40.2 Å². The van der Waals surface area contributed by atoms with Crippen molar-refractivity contribution in [2.75, 3.05) is 6.54 Å². The number of likely N-dealkylation sites (tertiary alicyclic amines) is 1. The van der Waals surface area contributed by atoms with Crippen molar-refractivity contribution in [2.24, 2.45) is 0 Å². The summed E-state index contributed by atoms with van der Waals surface area (Å²) >= 11 is 1.75. The first-order valence-corrected chi connectivity index (χ1v) is 7.34. The zero-order valence-electron chi connectivity index (χ0n) is 10.9. The van der Waals surface area contributed by atoms with Crippen LogP contribution in [-0.4, -0.2) is 33.7 Å². The van der Waals surface area contributed by atoms with Gasteiger partial charge in [0.1, 0.15) is 5.01 Å². The predicted octanol–water partition coefficient (Wildman–Crippen LogP) is 2.61. The van der Waals surface area contributed by atoms with Crippen molar-refractivity contribution in [2.45, 2.75) is 58.2 Å². The highest BCUT2D eigenvalue weighted by atomic mass is 32.1. The van der Waals surface area contributed by atoms with Gasteiger partial charge in [0.2, 0.25) is 0 Å². The first kappa shape index (κ1) is 13.0. The largest absolute Gasteiger partial charge is 0.393 e. The van der Waals surface area contributed by atoms with Gasteiger partial charge in [0, 0.05) is 17.8 Å². The van der Waals surface area contributed by atoms with Crippen LogP contribution in [0.1, 0.15) is 50.4 Å². The highest BCUT2D eigenvalue weighted by molar-refractivity contribution is 7.09. The van der Waals surface area contributed by atoms with Crippen molar-refractivity contribution in [3.63, 3.8) is 0 Å². The van der Waals surface area contributed by atoms with Gasteiger partial charge < -0.3 is 5.11 Å². The third kappa shape index (κ3) is 3.06. The van der Waals surface area contributed by atoms with Gasteiger partial charge in [0.15, 0.2) is 0 Å². The van der Waals surface area contributed by atoms with Crippen LogP contribution in [-0.2, 0) is 6.42 Å². The molecule has 2 heterocycles. The molecule has 1 N–H and O–H groups in total. The number of aliphatic hydroxyl groups excluding tert-OH is 1. The average Bonchev–Trinajstić information content (AvgIpc) is 2.82. The molecule has 0 spiro atoms. The molecular weight excluding hydrogens is 232 g/mol. The summed E-state index contributed by atoms with van der Waals surface area (Å²) in [4.78, 5) is 7.21. The van der Waals surface area contributed by atoms with Crippen LogP contribution in [0.2, 0.25) is 0 Å². The van der Waals surface area contributed by atoms with Crippen molar-refractivity contribution in [3.8, 4) is 0 Å². The second kappa shape index (κ2) is 5.46. The van der Waals surface area contributed by atoms with Gasteiger partial charge in [-0.15, -0.1) is 11.3 Å². The Labute approximate surface area is 107 Å². The Bertz CT molecular complexity index is 362. The van der Waals surface area contributed by atoms with Gasteiger partial charge in [-0.3, -0.25) is 4.90 Å². The van der Waals surface area contributed by atoms with E-state index in [1.54, 1.807) is 11.3 Å². The van der Waals surface area contributed by atoms with Gasteiger partial charge in [0.25, 0.3) is 0 Å². The number of hydrogen-bond donors (Lipinski definition) is 1. The normalized spacial score (nSPS) is 23.5. The molecule has 1 fully saturated rings. The summed E-state index contributed by atoms with van der Waals surface area (Å²) in [5.41, 5.74) is 1.04. The number of aromatic nitrogens is 1. The fourth-order valence-corrected chi connectivity index (χ4v) is 3.53. The lowest BCUT2D eigenvalue weighted by Crippen LogP contribution is -2.30. The fourth-order valence-electron chi connectivity index (χ4n) is 2.54. The molecule has 2 rings (SSSR count). The lowest BCUT2D eigenvalue weighted by atomic mass is 10.2. The van der Waals surface area contributed by atoms with Gasteiger partial charge in [-0.1, -0.05) is 0 Å². The smallest absolute Gasteiger partial charge is 0.110 e. The Morgan fingerprint density at radius 2 is 2.29 bits per heavy atom. The summed E-state index contributed by atoms with van der Waals surface area (Å²) in [5.74, 6) is 0. The maximum atomic E-state index is 9.37. The monoisotopic (exact) mass is 254 g/mol. The lowest BCUT2D eigenvalue weighted by molar-refractivity contribution is 0.193.